The molecule has 3 aromatic rings. The van der Waals surface area contributed by atoms with E-state index in [9.17, 15) is 0 Å². The fourth-order valence-electron chi connectivity index (χ4n) is 2.75. The Labute approximate surface area is 146 Å². The zero-order valence-corrected chi connectivity index (χ0v) is 14.7. The Morgan fingerprint density at radius 2 is 1.46 bits per heavy atom. The fraction of sp³-hybridized carbons (Fsp3) is 0.200. The van der Waals surface area contributed by atoms with Gasteiger partial charge in [0.1, 0.15) is 23.9 Å². The molecule has 0 aliphatic carbocycles. The number of halogens is 1. The largest absolute Gasteiger partial charge is 0.496 e. The summed E-state index contributed by atoms with van der Waals surface area (Å²) in [4.78, 5) is 0. The van der Waals surface area contributed by atoms with Gasteiger partial charge in [0.05, 0.1) is 30.0 Å². The Kier molecular flexibility index (Phi) is 4.81. The molecule has 0 heterocycles. The molecular formula is C20H19ClO3. The maximum absolute atomic E-state index is 6.54. The molecule has 0 amide bonds. The Bertz CT molecular complexity index is 860. The van der Waals surface area contributed by atoms with E-state index in [1.165, 1.54) is 0 Å². The summed E-state index contributed by atoms with van der Waals surface area (Å²) in [7, 11) is 3.26. The van der Waals surface area contributed by atoms with Crippen LogP contribution < -0.4 is 14.2 Å². The van der Waals surface area contributed by atoms with Gasteiger partial charge in [0.15, 0.2) is 0 Å². The second-order valence-electron chi connectivity index (χ2n) is 5.50. The van der Waals surface area contributed by atoms with Crippen LogP contribution in [0.25, 0.3) is 10.8 Å². The van der Waals surface area contributed by atoms with Gasteiger partial charge in [-0.3, -0.25) is 0 Å². The summed E-state index contributed by atoms with van der Waals surface area (Å²) in [6.07, 6.45) is 0. The van der Waals surface area contributed by atoms with Crippen molar-refractivity contribution in [1.29, 1.82) is 0 Å². The third kappa shape index (κ3) is 3.00. The lowest BCUT2D eigenvalue weighted by molar-refractivity contribution is 0.308. The minimum atomic E-state index is 0.470. The molecule has 0 saturated heterocycles. The van der Waals surface area contributed by atoms with Crippen molar-refractivity contribution in [3.63, 3.8) is 0 Å². The van der Waals surface area contributed by atoms with Gasteiger partial charge in [0, 0.05) is 0 Å². The van der Waals surface area contributed by atoms with E-state index in [0.717, 1.165) is 27.6 Å². The van der Waals surface area contributed by atoms with Crippen molar-refractivity contribution in [1.82, 2.24) is 0 Å². The number of benzene rings is 3. The molecule has 3 nitrogen and oxygen atoms in total. The van der Waals surface area contributed by atoms with Crippen LogP contribution in [-0.4, -0.2) is 14.2 Å². The zero-order valence-electron chi connectivity index (χ0n) is 13.9. The van der Waals surface area contributed by atoms with Gasteiger partial charge >= 0.3 is 0 Å². The van der Waals surface area contributed by atoms with E-state index in [1.807, 2.05) is 55.5 Å². The molecule has 0 aliphatic rings. The maximum atomic E-state index is 6.54. The van der Waals surface area contributed by atoms with Gasteiger partial charge in [0.25, 0.3) is 0 Å². The summed E-state index contributed by atoms with van der Waals surface area (Å²) >= 11 is 6.54. The maximum Gasteiger partial charge on any atom is 0.131 e. The third-order valence-electron chi connectivity index (χ3n) is 3.97. The Morgan fingerprint density at radius 1 is 0.833 bits per heavy atom. The summed E-state index contributed by atoms with van der Waals surface area (Å²) in [5.74, 6) is 2.13. The van der Waals surface area contributed by atoms with Crippen molar-refractivity contribution in [3.8, 4) is 17.2 Å². The highest BCUT2D eigenvalue weighted by Crippen LogP contribution is 2.44. The first-order valence-electron chi connectivity index (χ1n) is 7.66. The number of rotatable bonds is 5. The number of methoxy groups -OCH3 is 2. The van der Waals surface area contributed by atoms with Gasteiger partial charge in [-0.1, -0.05) is 41.9 Å². The predicted octanol–water partition coefficient (Wildman–Crippen LogP) is 5.40. The van der Waals surface area contributed by atoms with Crippen molar-refractivity contribution >= 4 is 22.4 Å². The van der Waals surface area contributed by atoms with E-state index in [2.05, 4.69) is 0 Å². The van der Waals surface area contributed by atoms with Crippen LogP contribution in [0.5, 0.6) is 17.2 Å². The summed E-state index contributed by atoms with van der Waals surface area (Å²) < 4.78 is 17.1. The van der Waals surface area contributed by atoms with Gasteiger partial charge in [-0.2, -0.15) is 0 Å². The number of ether oxygens (including phenoxy) is 3. The quantitative estimate of drug-likeness (QED) is 0.621. The first kappa shape index (κ1) is 16.5. The van der Waals surface area contributed by atoms with Crippen molar-refractivity contribution in [2.45, 2.75) is 13.5 Å². The molecule has 0 spiro atoms. The molecule has 0 N–H and O–H groups in total. The van der Waals surface area contributed by atoms with Gasteiger partial charge in [-0.25, -0.2) is 0 Å². The normalized spacial score (nSPS) is 10.7. The topological polar surface area (TPSA) is 27.7 Å². The van der Waals surface area contributed by atoms with Gasteiger partial charge in [-0.15, -0.1) is 0 Å². The Morgan fingerprint density at radius 3 is 2.08 bits per heavy atom. The molecule has 3 rings (SSSR count). The predicted molar refractivity (Wildman–Crippen MR) is 97.6 cm³/mol. The van der Waals surface area contributed by atoms with E-state index in [4.69, 9.17) is 25.8 Å². The molecule has 0 saturated carbocycles. The highest BCUT2D eigenvalue weighted by atomic mass is 35.5. The molecule has 0 bridgehead atoms. The molecular weight excluding hydrogens is 324 g/mol. The molecule has 0 atom stereocenters. The summed E-state index contributed by atoms with van der Waals surface area (Å²) in [5, 5.41) is 2.28. The third-order valence-corrected chi connectivity index (χ3v) is 4.45. The Hall–Kier alpha value is -2.39. The Balaban J connectivity index is 2.14. The number of aryl methyl sites for hydroxylation is 1. The van der Waals surface area contributed by atoms with E-state index >= 15 is 0 Å². The number of hydrogen-bond donors (Lipinski definition) is 0. The molecule has 3 aromatic carbocycles. The SMILES string of the molecule is COc1ccc(OC)c2c(Cl)c(C)cc(OCc3ccccc3)c12. The minimum absolute atomic E-state index is 0.470. The molecule has 0 aromatic heterocycles. The van der Waals surface area contributed by atoms with Crippen molar-refractivity contribution < 1.29 is 14.2 Å². The lowest BCUT2D eigenvalue weighted by atomic mass is 10.0. The minimum Gasteiger partial charge on any atom is -0.496 e. The van der Waals surface area contributed by atoms with Crippen LogP contribution in [0.2, 0.25) is 5.02 Å². The van der Waals surface area contributed by atoms with Gasteiger partial charge in [-0.05, 0) is 36.2 Å². The molecule has 24 heavy (non-hydrogen) atoms. The number of fused-ring (bicyclic) bond motifs is 1. The molecule has 0 radical (unpaired) electrons. The monoisotopic (exact) mass is 342 g/mol. The van der Waals surface area contributed by atoms with Crippen LogP contribution in [-0.2, 0) is 6.61 Å². The molecule has 124 valence electrons. The van der Waals surface area contributed by atoms with E-state index < -0.39 is 0 Å². The molecule has 0 unspecified atom stereocenters. The zero-order chi connectivity index (χ0) is 17.1. The van der Waals surface area contributed by atoms with E-state index in [-0.39, 0.29) is 0 Å². The lowest BCUT2D eigenvalue weighted by Gasteiger charge is -2.17. The lowest BCUT2D eigenvalue weighted by Crippen LogP contribution is -1.99. The highest BCUT2D eigenvalue weighted by molar-refractivity contribution is 6.37. The first-order chi connectivity index (χ1) is 11.7. The van der Waals surface area contributed by atoms with E-state index in [1.54, 1.807) is 14.2 Å². The van der Waals surface area contributed by atoms with E-state index in [0.29, 0.717) is 23.1 Å². The van der Waals surface area contributed by atoms with Crippen LogP contribution in [0.3, 0.4) is 0 Å². The summed E-state index contributed by atoms with van der Waals surface area (Å²) in [6.45, 7) is 2.42. The molecule has 0 fully saturated rings. The highest BCUT2D eigenvalue weighted by Gasteiger charge is 2.18. The fourth-order valence-corrected chi connectivity index (χ4v) is 2.99. The van der Waals surface area contributed by atoms with Crippen LogP contribution in [0, 0.1) is 6.92 Å². The average Bonchev–Trinajstić information content (AvgIpc) is 2.63. The van der Waals surface area contributed by atoms with Gasteiger partial charge in [0.2, 0.25) is 0 Å². The van der Waals surface area contributed by atoms with Gasteiger partial charge < -0.3 is 14.2 Å². The second-order valence-corrected chi connectivity index (χ2v) is 5.88. The first-order valence-corrected chi connectivity index (χ1v) is 8.04. The summed E-state index contributed by atoms with van der Waals surface area (Å²) in [5.41, 5.74) is 2.03. The molecule has 0 aliphatic heterocycles. The number of hydrogen-bond acceptors (Lipinski definition) is 3. The van der Waals surface area contributed by atoms with Crippen molar-refractivity contribution in [2.75, 3.05) is 14.2 Å². The van der Waals surface area contributed by atoms with Crippen molar-refractivity contribution in [3.05, 3.63) is 64.7 Å². The van der Waals surface area contributed by atoms with Crippen LogP contribution in [0.15, 0.2) is 48.5 Å². The second kappa shape index (κ2) is 7.02. The summed E-state index contributed by atoms with van der Waals surface area (Å²) in [6, 6.07) is 15.7. The van der Waals surface area contributed by atoms with Crippen molar-refractivity contribution in [2.24, 2.45) is 0 Å². The standard InChI is InChI=1S/C20H19ClO3/c1-13-11-17(24-12-14-7-5-4-6-8-14)18-15(22-2)9-10-16(23-3)19(18)20(13)21/h4-11H,12H2,1-3H3. The molecule has 4 heteroatoms. The average molecular weight is 343 g/mol. The smallest absolute Gasteiger partial charge is 0.131 e. The van der Waals surface area contributed by atoms with Crippen LogP contribution >= 0.6 is 11.6 Å². The van der Waals surface area contributed by atoms with Crippen LogP contribution in [0.1, 0.15) is 11.1 Å². The van der Waals surface area contributed by atoms with Crippen LogP contribution in [0.4, 0.5) is 0 Å².